The molecule has 9 heteroatoms. The summed E-state index contributed by atoms with van der Waals surface area (Å²) in [4.78, 5) is 28.8. The lowest BCUT2D eigenvalue weighted by Crippen LogP contribution is -2.41. The number of hydrogen-bond acceptors (Lipinski definition) is 5. The van der Waals surface area contributed by atoms with E-state index in [0.717, 1.165) is 37.0 Å². The molecule has 2 amide bonds. The van der Waals surface area contributed by atoms with Gasteiger partial charge in [-0.2, -0.15) is 0 Å². The normalized spacial score (nSPS) is 17.7. The van der Waals surface area contributed by atoms with Crippen molar-refractivity contribution in [2.24, 2.45) is 0 Å². The van der Waals surface area contributed by atoms with Crippen LogP contribution in [0.1, 0.15) is 45.2 Å². The van der Waals surface area contributed by atoms with Gasteiger partial charge in [-0.1, -0.05) is 28.4 Å². The smallest absolute Gasteiger partial charge is 0.261 e. The highest BCUT2D eigenvalue weighted by Gasteiger charge is 2.36. The van der Waals surface area contributed by atoms with Gasteiger partial charge < -0.3 is 9.42 Å². The van der Waals surface area contributed by atoms with Gasteiger partial charge in [0.25, 0.3) is 11.8 Å². The Labute approximate surface area is 187 Å². The maximum atomic E-state index is 13.4. The molecule has 0 radical (unpaired) electrons. The molecule has 6 nitrogen and oxygen atoms in total. The van der Waals surface area contributed by atoms with Gasteiger partial charge >= 0.3 is 0 Å². The number of likely N-dealkylation sites (tertiary alicyclic amines) is 1. The van der Waals surface area contributed by atoms with Crippen LogP contribution >= 0.6 is 23.2 Å². The quantitative estimate of drug-likeness (QED) is 0.524. The van der Waals surface area contributed by atoms with Gasteiger partial charge in [0.05, 0.1) is 26.9 Å². The molecule has 0 unspecified atom stereocenters. The number of nitrogens with zero attached hydrogens (tertiary/aromatic N) is 3. The molecule has 5 rings (SSSR count). The number of carbonyl (C=O) groups is 2. The molecule has 3 heterocycles. The lowest BCUT2D eigenvalue weighted by atomic mass is 9.91. The van der Waals surface area contributed by atoms with Crippen molar-refractivity contribution >= 4 is 46.0 Å². The van der Waals surface area contributed by atoms with Gasteiger partial charge in [0, 0.05) is 30.5 Å². The Kier molecular flexibility index (Phi) is 5.20. The zero-order valence-electron chi connectivity index (χ0n) is 16.4. The van der Waals surface area contributed by atoms with Crippen molar-refractivity contribution in [1.82, 2.24) is 15.0 Å². The SMILES string of the molecule is O=C1c2cc(Cl)c(Cl)cc2C(=O)N1CCN1CCC(c2noc3cc(F)ccc23)CC1. The van der Waals surface area contributed by atoms with E-state index >= 15 is 0 Å². The van der Waals surface area contributed by atoms with Crippen molar-refractivity contribution in [2.75, 3.05) is 26.2 Å². The monoisotopic (exact) mass is 461 g/mol. The van der Waals surface area contributed by atoms with Gasteiger partial charge in [-0.05, 0) is 50.2 Å². The minimum atomic E-state index is -0.345. The number of piperidine rings is 1. The summed E-state index contributed by atoms with van der Waals surface area (Å²) < 4.78 is 18.7. The first-order valence-corrected chi connectivity index (χ1v) is 10.8. The fraction of sp³-hybridized carbons (Fsp3) is 0.318. The lowest BCUT2D eigenvalue weighted by Gasteiger charge is -2.32. The summed E-state index contributed by atoms with van der Waals surface area (Å²) in [5.41, 5.74) is 1.92. The predicted molar refractivity (Wildman–Crippen MR) is 114 cm³/mol. The van der Waals surface area contributed by atoms with Crippen LogP contribution in [0.25, 0.3) is 11.0 Å². The Bertz CT molecular complexity index is 1160. The highest BCUT2D eigenvalue weighted by atomic mass is 35.5. The van der Waals surface area contributed by atoms with E-state index in [1.54, 1.807) is 6.07 Å². The van der Waals surface area contributed by atoms with Crippen molar-refractivity contribution in [1.29, 1.82) is 0 Å². The lowest BCUT2D eigenvalue weighted by molar-refractivity contribution is 0.0629. The van der Waals surface area contributed by atoms with Crippen LogP contribution in [0.2, 0.25) is 10.0 Å². The summed E-state index contributed by atoms with van der Waals surface area (Å²) in [6.45, 7) is 2.50. The summed E-state index contributed by atoms with van der Waals surface area (Å²) in [5.74, 6) is -0.793. The first kappa shape index (κ1) is 20.4. The average Bonchev–Trinajstić information content (AvgIpc) is 3.27. The molecule has 2 aliphatic heterocycles. The number of aromatic nitrogens is 1. The van der Waals surface area contributed by atoms with Crippen LogP contribution in [0.4, 0.5) is 4.39 Å². The number of benzene rings is 2. The molecule has 0 spiro atoms. The number of hydrogen-bond donors (Lipinski definition) is 0. The van der Waals surface area contributed by atoms with Crippen molar-refractivity contribution in [3.8, 4) is 0 Å². The van der Waals surface area contributed by atoms with Crippen LogP contribution in [-0.2, 0) is 0 Å². The average molecular weight is 462 g/mol. The third-order valence-corrected chi connectivity index (χ3v) is 6.81. The number of imide groups is 1. The fourth-order valence-electron chi connectivity index (χ4n) is 4.38. The van der Waals surface area contributed by atoms with Crippen LogP contribution in [0.3, 0.4) is 0 Å². The first-order valence-electron chi connectivity index (χ1n) is 10.0. The Balaban J connectivity index is 1.21. The molecule has 160 valence electrons. The van der Waals surface area contributed by atoms with E-state index in [4.69, 9.17) is 27.7 Å². The maximum absolute atomic E-state index is 13.4. The van der Waals surface area contributed by atoms with E-state index in [1.165, 1.54) is 29.2 Å². The maximum Gasteiger partial charge on any atom is 0.261 e. The number of carbonyl (C=O) groups excluding carboxylic acids is 2. The van der Waals surface area contributed by atoms with Gasteiger partial charge in [-0.3, -0.25) is 14.5 Å². The second kappa shape index (κ2) is 7.89. The van der Waals surface area contributed by atoms with Crippen molar-refractivity contribution in [2.45, 2.75) is 18.8 Å². The minimum absolute atomic E-state index is 0.228. The van der Waals surface area contributed by atoms with Crippen LogP contribution in [0.5, 0.6) is 0 Å². The van der Waals surface area contributed by atoms with Crippen LogP contribution in [0, 0.1) is 5.82 Å². The van der Waals surface area contributed by atoms with E-state index in [1.807, 2.05) is 0 Å². The molecule has 2 aliphatic rings. The second-order valence-corrected chi connectivity index (χ2v) is 8.71. The van der Waals surface area contributed by atoms with Gasteiger partial charge in [-0.25, -0.2) is 4.39 Å². The third-order valence-electron chi connectivity index (χ3n) is 6.09. The molecular formula is C22H18Cl2FN3O3. The molecule has 3 aromatic rings. The standard InChI is InChI=1S/C22H18Cl2FN3O3/c23-17-10-15-16(11-18(17)24)22(30)28(21(15)29)8-7-27-5-3-12(4-6-27)20-14-2-1-13(25)9-19(14)31-26-20/h1-2,9-12H,3-8H2. The molecule has 0 aliphatic carbocycles. The molecule has 2 aromatic carbocycles. The van der Waals surface area contributed by atoms with E-state index < -0.39 is 0 Å². The van der Waals surface area contributed by atoms with Gasteiger partial charge in [-0.15, -0.1) is 0 Å². The Morgan fingerprint density at radius 3 is 2.29 bits per heavy atom. The summed E-state index contributed by atoms with van der Waals surface area (Å²) in [6, 6.07) is 7.39. The molecule has 0 N–H and O–H groups in total. The Hall–Kier alpha value is -2.48. The van der Waals surface area contributed by atoms with E-state index in [0.29, 0.717) is 29.8 Å². The Morgan fingerprint density at radius 1 is 1.00 bits per heavy atom. The summed E-state index contributed by atoms with van der Waals surface area (Å²) >= 11 is 12.0. The summed E-state index contributed by atoms with van der Waals surface area (Å²) in [6.07, 6.45) is 1.73. The van der Waals surface area contributed by atoms with Crippen LogP contribution in [0.15, 0.2) is 34.9 Å². The van der Waals surface area contributed by atoms with E-state index in [2.05, 4.69) is 10.1 Å². The highest BCUT2D eigenvalue weighted by molar-refractivity contribution is 6.43. The van der Waals surface area contributed by atoms with Crippen molar-refractivity contribution in [3.63, 3.8) is 0 Å². The van der Waals surface area contributed by atoms with Gasteiger partial charge in [0.15, 0.2) is 5.58 Å². The molecule has 31 heavy (non-hydrogen) atoms. The largest absolute Gasteiger partial charge is 0.356 e. The molecule has 1 aromatic heterocycles. The number of fused-ring (bicyclic) bond motifs is 2. The minimum Gasteiger partial charge on any atom is -0.356 e. The van der Waals surface area contributed by atoms with Crippen LogP contribution < -0.4 is 0 Å². The van der Waals surface area contributed by atoms with Gasteiger partial charge in [0.2, 0.25) is 0 Å². The van der Waals surface area contributed by atoms with Crippen molar-refractivity contribution < 1.29 is 18.5 Å². The van der Waals surface area contributed by atoms with E-state index in [-0.39, 0.29) is 33.6 Å². The van der Waals surface area contributed by atoms with Gasteiger partial charge in [0.1, 0.15) is 5.82 Å². The predicted octanol–water partition coefficient (Wildman–Crippen LogP) is 4.75. The zero-order chi connectivity index (χ0) is 21.7. The molecule has 0 atom stereocenters. The second-order valence-electron chi connectivity index (χ2n) is 7.90. The highest BCUT2D eigenvalue weighted by Crippen LogP contribution is 2.34. The first-order chi connectivity index (χ1) is 14.9. The molecule has 1 saturated heterocycles. The number of amides is 2. The fourth-order valence-corrected chi connectivity index (χ4v) is 4.71. The topological polar surface area (TPSA) is 66.7 Å². The Morgan fingerprint density at radius 2 is 1.65 bits per heavy atom. The molecular weight excluding hydrogens is 444 g/mol. The van der Waals surface area contributed by atoms with E-state index in [9.17, 15) is 14.0 Å². The number of halogens is 3. The van der Waals surface area contributed by atoms with Crippen molar-refractivity contribution in [3.05, 3.63) is 63.0 Å². The van der Waals surface area contributed by atoms with Crippen LogP contribution in [-0.4, -0.2) is 52.9 Å². The third kappa shape index (κ3) is 3.60. The molecule has 0 saturated carbocycles. The summed E-state index contributed by atoms with van der Waals surface area (Å²) in [7, 11) is 0. The summed E-state index contributed by atoms with van der Waals surface area (Å²) in [5, 5.41) is 5.54. The molecule has 1 fully saturated rings. The number of rotatable bonds is 4. The zero-order valence-corrected chi connectivity index (χ0v) is 17.9. The molecule has 0 bridgehead atoms.